The van der Waals surface area contributed by atoms with Crippen LogP contribution >= 0.6 is 11.3 Å². The Morgan fingerprint density at radius 1 is 0.688 bits per heavy atom. The van der Waals surface area contributed by atoms with Gasteiger partial charge >= 0.3 is 6.09 Å². The largest absolute Gasteiger partial charge is 0.447 e. The van der Waals surface area contributed by atoms with Gasteiger partial charge < -0.3 is 68.5 Å². The number of hydroxylamine groups is 2. The molecule has 2 aromatic rings. The third-order valence-corrected chi connectivity index (χ3v) is 12.2. The van der Waals surface area contributed by atoms with Crippen LogP contribution < -0.4 is 21.1 Å². The van der Waals surface area contributed by atoms with Crippen molar-refractivity contribution in [1.82, 2.24) is 25.6 Å². The Hall–Kier alpha value is -5.54. The van der Waals surface area contributed by atoms with Gasteiger partial charge in [-0.3, -0.25) is 33.6 Å². The number of nitrogens with one attached hydrogen (secondary N) is 3. The van der Waals surface area contributed by atoms with Crippen LogP contribution in [0.25, 0.3) is 6.08 Å². The van der Waals surface area contributed by atoms with Crippen molar-refractivity contribution >= 4 is 73.8 Å². The lowest BCUT2D eigenvalue weighted by atomic mass is 10.1. The van der Waals surface area contributed by atoms with Crippen molar-refractivity contribution in [2.75, 3.05) is 176 Å². The van der Waals surface area contributed by atoms with Gasteiger partial charge in [0.2, 0.25) is 5.91 Å². The summed E-state index contributed by atoms with van der Waals surface area (Å²) in [5, 5.41) is 8.22. The van der Waals surface area contributed by atoms with Crippen LogP contribution in [-0.2, 0) is 86.1 Å². The molecule has 2 aliphatic rings. The van der Waals surface area contributed by atoms with E-state index >= 15 is 0 Å². The van der Waals surface area contributed by atoms with Gasteiger partial charge in [0.25, 0.3) is 27.7 Å². The van der Waals surface area contributed by atoms with Crippen molar-refractivity contribution in [3.05, 3.63) is 53.1 Å². The molecule has 0 unspecified atom stereocenters. The van der Waals surface area contributed by atoms with Crippen molar-refractivity contribution < 1.29 is 89.3 Å². The van der Waals surface area contributed by atoms with Crippen LogP contribution in [0.4, 0.5) is 15.6 Å². The number of amidine groups is 1. The number of ether oxygens (including phenoxy) is 11. The zero-order valence-electron chi connectivity index (χ0n) is 43.4. The lowest BCUT2D eigenvalue weighted by molar-refractivity contribution is -0.181. The van der Waals surface area contributed by atoms with Gasteiger partial charge in [0.1, 0.15) is 19.0 Å². The molecule has 77 heavy (non-hydrogen) atoms. The van der Waals surface area contributed by atoms with Crippen LogP contribution in [0, 0.1) is 0 Å². The Balaban J connectivity index is 0.844. The topological polar surface area (TPSA) is 324 Å². The van der Waals surface area contributed by atoms with E-state index in [1.165, 1.54) is 23.4 Å². The van der Waals surface area contributed by atoms with Crippen molar-refractivity contribution in [3.8, 4) is 0 Å². The summed E-state index contributed by atoms with van der Waals surface area (Å²) in [6.07, 6.45) is 5.26. The van der Waals surface area contributed by atoms with Crippen molar-refractivity contribution in [3.63, 3.8) is 0 Å². The lowest BCUT2D eigenvalue weighted by Crippen LogP contribution is -2.41. The molecule has 0 saturated heterocycles. The number of hydrogen-bond acceptors (Lipinski definition) is 23. The highest BCUT2D eigenvalue weighted by atomic mass is 32.2. The molecule has 4 rings (SSSR count). The number of carbonyl (C=O) groups is 5. The number of anilines is 1. The number of aliphatic imine (C=N–C) groups is 1. The number of rotatable bonds is 45. The third-order valence-electron chi connectivity index (χ3n) is 10.1. The second-order valence-electron chi connectivity index (χ2n) is 16.0. The maximum Gasteiger partial charge on any atom is 0.407 e. The summed E-state index contributed by atoms with van der Waals surface area (Å²) < 4.78 is 88.0. The molecule has 0 aliphatic carbocycles. The number of alkyl carbamates (subject to hydrolysis) is 1. The van der Waals surface area contributed by atoms with E-state index in [2.05, 4.69) is 25.3 Å². The van der Waals surface area contributed by atoms with E-state index in [1.807, 2.05) is 6.92 Å². The summed E-state index contributed by atoms with van der Waals surface area (Å²) in [4.78, 5) is 75.3. The molecule has 0 fully saturated rings. The molecular formula is C48H72N8O19S2. The van der Waals surface area contributed by atoms with E-state index in [0.717, 1.165) is 28.4 Å². The molecule has 29 heteroatoms. The number of imide groups is 1. The van der Waals surface area contributed by atoms with Crippen LogP contribution in [0.5, 0.6) is 0 Å². The highest BCUT2D eigenvalue weighted by molar-refractivity contribution is 7.93. The highest BCUT2D eigenvalue weighted by Crippen LogP contribution is 2.31. The second kappa shape index (κ2) is 38.9. The van der Waals surface area contributed by atoms with E-state index < -0.39 is 39.7 Å². The molecule has 0 radical (unpaired) electrons. The molecule has 5 N–H and O–H groups in total. The summed E-state index contributed by atoms with van der Waals surface area (Å²) in [6, 6.07) is 4.34. The molecule has 1 aromatic carbocycles. The molecule has 27 nitrogen and oxygen atoms in total. The SMILES string of the molecule is CCCN(OCCNC(=O)OCCOCCOCCOCCOCCOCCOCCOCCOCCOCCOCCNC(=O)CN1C(=O)C=CC1=O)C(=O)C1=Cc2ccc(S(=O)(=O)Nc3nccs3)cc2N=C(N)C1. The average molecular weight is 1130 g/mol. The molecule has 2 aliphatic heterocycles. The number of benzene rings is 1. The van der Waals surface area contributed by atoms with E-state index in [-0.39, 0.29) is 80.6 Å². The fraction of sp³-hybridized carbons (Fsp3) is 0.604. The molecule has 430 valence electrons. The predicted molar refractivity (Wildman–Crippen MR) is 278 cm³/mol. The Morgan fingerprint density at radius 2 is 1.18 bits per heavy atom. The molecule has 1 aromatic heterocycles. The minimum atomic E-state index is -3.94. The minimum Gasteiger partial charge on any atom is -0.447 e. The first-order chi connectivity index (χ1) is 37.5. The molecule has 3 heterocycles. The van der Waals surface area contributed by atoms with E-state index in [9.17, 15) is 32.4 Å². The maximum atomic E-state index is 13.6. The number of fused-ring (bicyclic) bond motifs is 1. The fourth-order valence-electron chi connectivity index (χ4n) is 6.39. The summed E-state index contributed by atoms with van der Waals surface area (Å²) in [5.74, 6) is -1.78. The zero-order valence-corrected chi connectivity index (χ0v) is 45.0. The number of nitrogens with two attached hydrogens (primary N) is 1. The van der Waals surface area contributed by atoms with Gasteiger partial charge in [0, 0.05) is 60.9 Å². The van der Waals surface area contributed by atoms with Gasteiger partial charge in [-0.2, -0.15) is 0 Å². The normalized spacial score (nSPS) is 13.3. The first-order valence-electron chi connectivity index (χ1n) is 25.0. The number of nitrogens with zero attached hydrogens (tertiary/aromatic N) is 4. The smallest absolute Gasteiger partial charge is 0.407 e. The van der Waals surface area contributed by atoms with Crippen LogP contribution in [-0.4, -0.2) is 230 Å². The van der Waals surface area contributed by atoms with Gasteiger partial charge in [-0.25, -0.2) is 28.3 Å². The number of hydrogen-bond donors (Lipinski definition) is 4. The van der Waals surface area contributed by atoms with Crippen LogP contribution in [0.2, 0.25) is 0 Å². The van der Waals surface area contributed by atoms with Crippen LogP contribution in [0.1, 0.15) is 25.3 Å². The van der Waals surface area contributed by atoms with E-state index in [4.69, 9.17) is 62.7 Å². The van der Waals surface area contributed by atoms with Gasteiger partial charge in [-0.15, -0.1) is 11.3 Å². The monoisotopic (exact) mass is 1130 g/mol. The predicted octanol–water partition coefficient (Wildman–Crippen LogP) is 0.823. The standard InChI is InChI=1S/C48H72N8O19S2/c1-2-10-56(46(60)39-34-38-3-4-40(36-41(38)53-42(49)35-39)77(62,63)54-47-51-9-33-76-47)75-12-8-52-48(61)74-32-31-73-30-29-72-28-27-71-26-25-70-24-23-69-22-21-68-20-19-67-18-17-66-16-15-65-14-13-64-11-7-50-43(57)37-55-44(58)5-6-45(55)59/h3-6,9,33-34,36H,2,7-8,10-32,35,37H2,1H3,(H2,49,53)(H,50,57)(H,51,54)(H,52,61). The number of aromatic nitrogens is 1. The fourth-order valence-corrected chi connectivity index (χ4v) is 8.20. The first kappa shape index (κ1) is 64.0. The zero-order chi connectivity index (χ0) is 55.2. The van der Waals surface area contributed by atoms with Gasteiger partial charge in [-0.05, 0) is 24.6 Å². The molecule has 5 amide bonds. The first-order valence-corrected chi connectivity index (χ1v) is 27.4. The number of carbonyl (C=O) groups excluding carboxylic acids is 5. The van der Waals surface area contributed by atoms with Crippen LogP contribution in [0.3, 0.4) is 0 Å². The summed E-state index contributed by atoms with van der Waals surface area (Å²) >= 11 is 1.14. The Kier molecular flexibility index (Phi) is 32.3. The van der Waals surface area contributed by atoms with Gasteiger partial charge in [0.05, 0.1) is 149 Å². The van der Waals surface area contributed by atoms with E-state index in [0.29, 0.717) is 136 Å². The number of amides is 5. The molecular weight excluding hydrogens is 1060 g/mol. The molecule has 0 saturated carbocycles. The van der Waals surface area contributed by atoms with Crippen molar-refractivity contribution in [2.24, 2.45) is 10.7 Å². The Bertz CT molecular complexity index is 2250. The molecule has 0 bridgehead atoms. The Labute approximate surface area is 451 Å². The minimum absolute atomic E-state index is 0.00613. The quantitative estimate of drug-likeness (QED) is 0.0405. The Morgan fingerprint density at radius 3 is 1.68 bits per heavy atom. The van der Waals surface area contributed by atoms with Crippen LogP contribution in [0.15, 0.2) is 57.4 Å². The van der Waals surface area contributed by atoms with Crippen molar-refractivity contribution in [2.45, 2.75) is 24.7 Å². The van der Waals surface area contributed by atoms with E-state index in [1.54, 1.807) is 17.5 Å². The highest BCUT2D eigenvalue weighted by Gasteiger charge is 2.26. The molecule has 0 spiro atoms. The average Bonchev–Trinajstić information content (AvgIpc) is 3.99. The summed E-state index contributed by atoms with van der Waals surface area (Å²) in [6.45, 7) is 9.74. The van der Waals surface area contributed by atoms with Crippen molar-refractivity contribution in [1.29, 1.82) is 0 Å². The third kappa shape index (κ3) is 27.6. The summed E-state index contributed by atoms with van der Waals surface area (Å²) in [5.41, 5.74) is 7.24. The number of thiazole rings is 1. The lowest BCUT2D eigenvalue weighted by Gasteiger charge is -2.22. The van der Waals surface area contributed by atoms with Gasteiger partial charge in [-0.1, -0.05) is 13.0 Å². The second-order valence-corrected chi connectivity index (χ2v) is 18.6. The van der Waals surface area contributed by atoms with Gasteiger partial charge in [0.15, 0.2) is 5.13 Å². The molecule has 0 atom stereocenters. The maximum absolute atomic E-state index is 13.6. The summed E-state index contributed by atoms with van der Waals surface area (Å²) in [7, 11) is -3.94. The number of sulfonamides is 1.